The highest BCUT2D eigenvalue weighted by atomic mass is 32.2. The number of rotatable bonds is 8. The number of aliphatic hydroxyl groups excluding tert-OH is 1. The van der Waals surface area contributed by atoms with Crippen molar-refractivity contribution in [1.82, 2.24) is 9.55 Å². The van der Waals surface area contributed by atoms with Crippen LogP contribution in [-0.4, -0.2) is 47.1 Å². The Morgan fingerprint density at radius 3 is 2.79 bits per heavy atom. The van der Waals surface area contributed by atoms with Crippen molar-refractivity contribution in [3.8, 4) is 11.5 Å². The Bertz CT molecular complexity index is 944. The van der Waals surface area contributed by atoms with E-state index in [0.29, 0.717) is 22.2 Å². The molecule has 0 atom stereocenters. The Morgan fingerprint density at radius 1 is 1.28 bits per heavy atom. The molecule has 0 radical (unpaired) electrons. The molecule has 1 heterocycles. The second-order valence-electron chi connectivity index (χ2n) is 6.61. The van der Waals surface area contributed by atoms with Crippen molar-refractivity contribution in [3.63, 3.8) is 0 Å². The summed E-state index contributed by atoms with van der Waals surface area (Å²) in [6.45, 7) is 0.139. The number of nitrogens with zero attached hydrogens (tertiary/aromatic N) is 2. The molecule has 0 saturated carbocycles. The maximum absolute atomic E-state index is 12.5. The normalized spacial score (nSPS) is 12.9. The molecule has 0 unspecified atom stereocenters. The van der Waals surface area contributed by atoms with E-state index in [2.05, 4.69) is 10.3 Å². The summed E-state index contributed by atoms with van der Waals surface area (Å²) in [7, 11) is 3.08. The van der Waals surface area contributed by atoms with Crippen LogP contribution < -0.4 is 20.5 Å². The van der Waals surface area contributed by atoms with Gasteiger partial charge in [-0.05, 0) is 37.8 Å². The lowest BCUT2D eigenvalue weighted by Crippen LogP contribution is -2.31. The fraction of sp³-hybridized carbons (Fsp3) is 0.450. The summed E-state index contributed by atoms with van der Waals surface area (Å²) in [6, 6.07) is 5.17. The number of carbonyl (C=O) groups is 1. The van der Waals surface area contributed by atoms with Gasteiger partial charge in [0.25, 0.3) is 0 Å². The zero-order valence-corrected chi connectivity index (χ0v) is 17.4. The second-order valence-corrected chi connectivity index (χ2v) is 7.57. The fourth-order valence-electron chi connectivity index (χ4n) is 3.43. The third-order valence-electron chi connectivity index (χ3n) is 4.80. The number of aliphatic hydroxyl groups is 1. The molecule has 0 saturated heterocycles. The SMILES string of the molecule is COc1ccc(OC)c(NC(=O)CSc2nc(=O)n(CCO)c3c2CCCC3)c1. The maximum atomic E-state index is 12.5. The van der Waals surface area contributed by atoms with Crippen molar-refractivity contribution in [1.29, 1.82) is 0 Å². The van der Waals surface area contributed by atoms with E-state index < -0.39 is 0 Å². The summed E-state index contributed by atoms with van der Waals surface area (Å²) < 4.78 is 12.0. The molecule has 1 aromatic carbocycles. The van der Waals surface area contributed by atoms with Crippen LogP contribution in [0, 0.1) is 0 Å². The number of nitrogens with one attached hydrogen (secondary N) is 1. The molecule has 2 aromatic rings. The van der Waals surface area contributed by atoms with Crippen LogP contribution in [0.4, 0.5) is 5.69 Å². The molecule has 0 fully saturated rings. The Kier molecular flexibility index (Phi) is 7.16. The average molecular weight is 420 g/mol. The number of aromatic nitrogens is 2. The van der Waals surface area contributed by atoms with Crippen LogP contribution in [0.3, 0.4) is 0 Å². The van der Waals surface area contributed by atoms with Gasteiger partial charge in [-0.1, -0.05) is 11.8 Å². The van der Waals surface area contributed by atoms with Crippen LogP contribution in [0.1, 0.15) is 24.1 Å². The van der Waals surface area contributed by atoms with E-state index in [1.165, 1.54) is 18.9 Å². The molecule has 0 spiro atoms. The largest absolute Gasteiger partial charge is 0.497 e. The summed E-state index contributed by atoms with van der Waals surface area (Å²) in [6.07, 6.45) is 3.63. The molecule has 29 heavy (non-hydrogen) atoms. The van der Waals surface area contributed by atoms with Gasteiger partial charge in [0.1, 0.15) is 16.5 Å². The second kappa shape index (κ2) is 9.80. The molecule has 3 rings (SSSR count). The van der Waals surface area contributed by atoms with E-state index in [-0.39, 0.29) is 30.5 Å². The van der Waals surface area contributed by atoms with E-state index in [4.69, 9.17) is 9.47 Å². The van der Waals surface area contributed by atoms with Crippen LogP contribution >= 0.6 is 11.8 Å². The third kappa shape index (κ3) is 4.91. The summed E-state index contributed by atoms with van der Waals surface area (Å²) >= 11 is 1.26. The minimum absolute atomic E-state index is 0.106. The van der Waals surface area contributed by atoms with Crippen LogP contribution in [0.2, 0.25) is 0 Å². The number of benzene rings is 1. The van der Waals surface area contributed by atoms with Gasteiger partial charge in [0, 0.05) is 17.3 Å². The first-order valence-corrected chi connectivity index (χ1v) is 10.4. The predicted octanol–water partition coefficient (Wildman–Crippen LogP) is 1.86. The molecule has 1 aromatic heterocycles. The van der Waals surface area contributed by atoms with Crippen molar-refractivity contribution >= 4 is 23.4 Å². The van der Waals surface area contributed by atoms with Gasteiger partial charge >= 0.3 is 5.69 Å². The van der Waals surface area contributed by atoms with E-state index in [9.17, 15) is 14.7 Å². The first kappa shape index (κ1) is 21.2. The molecular weight excluding hydrogens is 394 g/mol. The minimum Gasteiger partial charge on any atom is -0.497 e. The molecule has 0 aliphatic heterocycles. The smallest absolute Gasteiger partial charge is 0.348 e. The van der Waals surface area contributed by atoms with E-state index >= 15 is 0 Å². The highest BCUT2D eigenvalue weighted by Gasteiger charge is 2.21. The Hall–Kier alpha value is -2.52. The van der Waals surface area contributed by atoms with Gasteiger partial charge < -0.3 is 19.9 Å². The third-order valence-corrected chi connectivity index (χ3v) is 5.81. The van der Waals surface area contributed by atoms with Gasteiger partial charge in [-0.25, -0.2) is 4.79 Å². The number of hydrogen-bond donors (Lipinski definition) is 2. The van der Waals surface area contributed by atoms with Gasteiger partial charge in [0.15, 0.2) is 0 Å². The monoisotopic (exact) mass is 419 g/mol. The highest BCUT2D eigenvalue weighted by Crippen LogP contribution is 2.31. The van der Waals surface area contributed by atoms with Gasteiger partial charge in [-0.15, -0.1) is 0 Å². The van der Waals surface area contributed by atoms with Crippen molar-refractivity contribution < 1.29 is 19.4 Å². The number of fused-ring (bicyclic) bond motifs is 1. The maximum Gasteiger partial charge on any atom is 0.348 e. The van der Waals surface area contributed by atoms with E-state index in [1.54, 1.807) is 29.9 Å². The molecular formula is C20H25N3O5S. The Balaban J connectivity index is 1.76. The Morgan fingerprint density at radius 2 is 2.07 bits per heavy atom. The summed E-state index contributed by atoms with van der Waals surface area (Å²) in [4.78, 5) is 29.1. The molecule has 8 nitrogen and oxygen atoms in total. The highest BCUT2D eigenvalue weighted by molar-refractivity contribution is 8.00. The van der Waals surface area contributed by atoms with Crippen LogP contribution in [0.5, 0.6) is 11.5 Å². The number of methoxy groups -OCH3 is 2. The topological polar surface area (TPSA) is 103 Å². The molecule has 0 bridgehead atoms. The zero-order chi connectivity index (χ0) is 20.8. The fourth-order valence-corrected chi connectivity index (χ4v) is 4.31. The van der Waals surface area contributed by atoms with Crippen LogP contribution in [0.25, 0.3) is 0 Å². The number of hydrogen-bond acceptors (Lipinski definition) is 7. The minimum atomic E-state index is -0.378. The first-order valence-electron chi connectivity index (χ1n) is 9.45. The van der Waals surface area contributed by atoms with Crippen molar-refractivity contribution in [2.75, 3.05) is 31.9 Å². The quantitative estimate of drug-likeness (QED) is 0.497. The average Bonchev–Trinajstić information content (AvgIpc) is 2.74. The van der Waals surface area contributed by atoms with Crippen molar-refractivity contribution in [2.45, 2.75) is 37.3 Å². The number of carbonyl (C=O) groups excluding carboxylic acids is 1. The van der Waals surface area contributed by atoms with Crippen LogP contribution in [-0.2, 0) is 24.2 Å². The molecule has 1 aliphatic rings. The Labute approximate surface area is 173 Å². The molecule has 156 valence electrons. The van der Waals surface area contributed by atoms with E-state index in [1.807, 2.05) is 0 Å². The van der Waals surface area contributed by atoms with E-state index in [0.717, 1.165) is 36.9 Å². The van der Waals surface area contributed by atoms with Gasteiger partial charge in [-0.2, -0.15) is 4.98 Å². The molecule has 1 amide bonds. The summed E-state index contributed by atoms with van der Waals surface area (Å²) in [5, 5.41) is 12.7. The number of anilines is 1. The van der Waals surface area contributed by atoms with Crippen molar-refractivity contribution in [3.05, 3.63) is 39.9 Å². The lowest BCUT2D eigenvalue weighted by Gasteiger charge is -2.22. The van der Waals surface area contributed by atoms with Gasteiger partial charge in [-0.3, -0.25) is 9.36 Å². The molecule has 9 heteroatoms. The number of thioether (sulfide) groups is 1. The standard InChI is InChI=1S/C20H25N3O5S/c1-27-13-7-8-17(28-2)15(11-13)21-18(25)12-29-19-14-5-3-4-6-16(14)23(9-10-24)20(26)22-19/h7-8,11,24H,3-6,9-10,12H2,1-2H3,(H,21,25). The number of ether oxygens (including phenoxy) is 2. The predicted molar refractivity (Wildman–Crippen MR) is 111 cm³/mol. The molecule has 2 N–H and O–H groups in total. The van der Waals surface area contributed by atoms with Gasteiger partial charge in [0.2, 0.25) is 5.91 Å². The van der Waals surface area contributed by atoms with Gasteiger partial charge in [0.05, 0.1) is 38.8 Å². The zero-order valence-electron chi connectivity index (χ0n) is 16.6. The van der Waals surface area contributed by atoms with Crippen LogP contribution in [0.15, 0.2) is 28.0 Å². The molecule has 1 aliphatic carbocycles. The number of amides is 1. The summed E-state index contributed by atoms with van der Waals surface area (Å²) in [5.41, 5.74) is 2.09. The van der Waals surface area contributed by atoms with Crippen molar-refractivity contribution in [2.24, 2.45) is 0 Å². The first-order chi connectivity index (χ1) is 14.1. The lowest BCUT2D eigenvalue weighted by molar-refractivity contribution is -0.113. The lowest BCUT2D eigenvalue weighted by atomic mass is 9.97. The summed E-state index contributed by atoms with van der Waals surface area (Å²) in [5.74, 6) is 1.03.